The maximum atomic E-state index is 13.3. The van der Waals surface area contributed by atoms with Crippen LogP contribution < -0.4 is 5.73 Å². The Labute approximate surface area is 114 Å². The highest BCUT2D eigenvalue weighted by Crippen LogP contribution is 2.42. The summed E-state index contributed by atoms with van der Waals surface area (Å²) in [6, 6.07) is 7.40. The Morgan fingerprint density at radius 3 is 2.55 bits per heavy atom. The molecule has 3 rings (SSSR count). The van der Waals surface area contributed by atoms with E-state index in [4.69, 9.17) is 5.73 Å². The lowest BCUT2D eigenvalue weighted by molar-refractivity contribution is -0.0514. The Morgan fingerprint density at radius 2 is 1.90 bits per heavy atom. The van der Waals surface area contributed by atoms with Crippen molar-refractivity contribution in [1.29, 1.82) is 0 Å². The first-order valence-corrected chi connectivity index (χ1v) is 6.50. The van der Waals surface area contributed by atoms with Crippen LogP contribution in [0.5, 0.6) is 0 Å². The first kappa shape index (κ1) is 13.1. The molecular formula is C13H15F2N5. The molecule has 106 valence electrons. The molecule has 1 aliphatic carbocycles. The number of nitrogens with zero attached hydrogens (tertiary/aromatic N) is 3. The lowest BCUT2D eigenvalue weighted by Crippen LogP contribution is -2.43. The zero-order chi connectivity index (χ0) is 14.2. The Balaban J connectivity index is 1.89. The van der Waals surface area contributed by atoms with Gasteiger partial charge in [0.2, 0.25) is 11.7 Å². The second-order valence-electron chi connectivity index (χ2n) is 5.33. The van der Waals surface area contributed by atoms with E-state index in [1.165, 1.54) is 0 Å². The molecule has 1 aromatic carbocycles. The number of alkyl halides is 2. The first-order chi connectivity index (χ1) is 9.49. The van der Waals surface area contributed by atoms with Gasteiger partial charge in [0, 0.05) is 23.9 Å². The molecule has 20 heavy (non-hydrogen) atoms. The van der Waals surface area contributed by atoms with Gasteiger partial charge in [-0.1, -0.05) is 18.2 Å². The second kappa shape index (κ2) is 4.59. The van der Waals surface area contributed by atoms with Crippen molar-refractivity contribution >= 4 is 0 Å². The number of aromatic nitrogens is 4. The lowest BCUT2D eigenvalue weighted by Gasteiger charge is -2.37. The van der Waals surface area contributed by atoms with Crippen LogP contribution in [0.15, 0.2) is 24.3 Å². The van der Waals surface area contributed by atoms with Crippen LogP contribution in [-0.4, -0.2) is 26.5 Å². The summed E-state index contributed by atoms with van der Waals surface area (Å²) in [5.74, 6) is -2.12. The van der Waals surface area contributed by atoms with Gasteiger partial charge >= 0.3 is 0 Å². The summed E-state index contributed by atoms with van der Waals surface area (Å²) in [5, 5.41) is 13.7. The minimum absolute atomic E-state index is 0.171. The van der Waals surface area contributed by atoms with Crippen molar-refractivity contribution in [2.45, 2.75) is 37.1 Å². The van der Waals surface area contributed by atoms with Crippen molar-refractivity contribution in [1.82, 2.24) is 20.6 Å². The van der Waals surface area contributed by atoms with Gasteiger partial charge in [0.1, 0.15) is 0 Å². The summed E-state index contributed by atoms with van der Waals surface area (Å²) in [4.78, 5) is 0. The van der Waals surface area contributed by atoms with Gasteiger partial charge in [-0.3, -0.25) is 0 Å². The predicted octanol–water partition coefficient (Wildman–Crippen LogP) is 2.23. The average molecular weight is 279 g/mol. The van der Waals surface area contributed by atoms with Crippen molar-refractivity contribution < 1.29 is 8.78 Å². The second-order valence-corrected chi connectivity index (χ2v) is 5.33. The van der Waals surface area contributed by atoms with Gasteiger partial charge in [0.05, 0.1) is 0 Å². The van der Waals surface area contributed by atoms with Gasteiger partial charge in [-0.05, 0) is 29.7 Å². The van der Waals surface area contributed by atoms with Gasteiger partial charge in [0.15, 0.2) is 0 Å². The molecule has 1 heterocycles. The van der Waals surface area contributed by atoms with E-state index in [0.29, 0.717) is 5.82 Å². The SMILES string of the molecule is NC1(c2cccc(-c3nn[nH]n3)c2)CCC(F)(F)CC1. The van der Waals surface area contributed by atoms with Crippen molar-refractivity contribution in [3.8, 4) is 11.4 Å². The number of H-pyrrole nitrogens is 1. The van der Waals surface area contributed by atoms with E-state index in [-0.39, 0.29) is 25.7 Å². The highest BCUT2D eigenvalue weighted by atomic mass is 19.3. The van der Waals surface area contributed by atoms with Crippen LogP contribution in [0.2, 0.25) is 0 Å². The van der Waals surface area contributed by atoms with Crippen molar-refractivity contribution in [2.75, 3.05) is 0 Å². The number of nitrogens with two attached hydrogens (primary N) is 1. The van der Waals surface area contributed by atoms with E-state index in [2.05, 4.69) is 20.6 Å². The molecule has 1 aromatic heterocycles. The van der Waals surface area contributed by atoms with Crippen LogP contribution in [-0.2, 0) is 5.54 Å². The first-order valence-electron chi connectivity index (χ1n) is 6.50. The van der Waals surface area contributed by atoms with Crippen LogP contribution in [0, 0.1) is 0 Å². The summed E-state index contributed by atoms with van der Waals surface area (Å²) in [5.41, 5.74) is 7.24. The number of nitrogens with one attached hydrogen (secondary N) is 1. The zero-order valence-electron chi connectivity index (χ0n) is 10.8. The van der Waals surface area contributed by atoms with Gasteiger partial charge in [-0.25, -0.2) is 8.78 Å². The Bertz CT molecular complexity index is 587. The third-order valence-corrected chi connectivity index (χ3v) is 3.91. The molecule has 0 spiro atoms. The molecule has 0 saturated heterocycles. The molecule has 0 radical (unpaired) electrons. The highest BCUT2D eigenvalue weighted by Gasteiger charge is 2.42. The number of aromatic amines is 1. The minimum atomic E-state index is -2.59. The Morgan fingerprint density at radius 1 is 1.15 bits per heavy atom. The topological polar surface area (TPSA) is 80.5 Å². The summed E-state index contributed by atoms with van der Waals surface area (Å²) in [6.45, 7) is 0. The van der Waals surface area contributed by atoms with Gasteiger partial charge in [-0.15, -0.1) is 10.2 Å². The zero-order valence-corrected chi connectivity index (χ0v) is 10.8. The molecule has 5 nitrogen and oxygen atoms in total. The number of hydrogen-bond acceptors (Lipinski definition) is 4. The van der Waals surface area contributed by atoms with Gasteiger partial charge in [-0.2, -0.15) is 5.21 Å². The van der Waals surface area contributed by atoms with Gasteiger partial charge < -0.3 is 5.73 Å². The molecule has 2 aromatic rings. The minimum Gasteiger partial charge on any atom is -0.321 e. The van der Waals surface area contributed by atoms with E-state index >= 15 is 0 Å². The molecule has 1 aliphatic rings. The van der Waals surface area contributed by atoms with Crippen molar-refractivity contribution in [3.63, 3.8) is 0 Å². The monoisotopic (exact) mass is 279 g/mol. The third-order valence-electron chi connectivity index (χ3n) is 3.91. The Kier molecular flexibility index (Phi) is 3.01. The summed E-state index contributed by atoms with van der Waals surface area (Å²) >= 11 is 0. The van der Waals surface area contributed by atoms with Crippen molar-refractivity contribution in [2.24, 2.45) is 5.73 Å². The number of hydrogen-bond donors (Lipinski definition) is 2. The predicted molar refractivity (Wildman–Crippen MR) is 68.9 cm³/mol. The molecule has 1 fully saturated rings. The fraction of sp³-hybridized carbons (Fsp3) is 0.462. The summed E-state index contributed by atoms with van der Waals surface area (Å²) in [7, 11) is 0. The largest absolute Gasteiger partial charge is 0.321 e. The molecule has 0 amide bonds. The molecule has 0 aliphatic heterocycles. The third kappa shape index (κ3) is 2.40. The number of benzene rings is 1. The number of rotatable bonds is 2. The van der Waals surface area contributed by atoms with E-state index in [1.807, 2.05) is 24.3 Å². The van der Waals surface area contributed by atoms with Crippen LogP contribution in [0.3, 0.4) is 0 Å². The van der Waals surface area contributed by atoms with Crippen molar-refractivity contribution in [3.05, 3.63) is 29.8 Å². The smallest absolute Gasteiger partial charge is 0.248 e. The maximum Gasteiger partial charge on any atom is 0.248 e. The lowest BCUT2D eigenvalue weighted by atomic mass is 9.76. The molecule has 0 bridgehead atoms. The molecular weight excluding hydrogens is 264 g/mol. The van der Waals surface area contributed by atoms with E-state index in [0.717, 1.165) is 11.1 Å². The van der Waals surface area contributed by atoms with Gasteiger partial charge in [0.25, 0.3) is 0 Å². The van der Waals surface area contributed by atoms with Crippen LogP contribution in [0.4, 0.5) is 8.78 Å². The molecule has 3 N–H and O–H groups in total. The van der Waals surface area contributed by atoms with Crippen LogP contribution in [0.1, 0.15) is 31.2 Å². The fourth-order valence-electron chi connectivity index (χ4n) is 2.60. The quantitative estimate of drug-likeness (QED) is 0.883. The summed E-state index contributed by atoms with van der Waals surface area (Å²) < 4.78 is 26.6. The summed E-state index contributed by atoms with van der Waals surface area (Å²) in [6.07, 6.45) is 0.206. The molecule has 0 unspecified atom stereocenters. The maximum absolute atomic E-state index is 13.3. The number of tetrazole rings is 1. The molecule has 0 atom stereocenters. The molecule has 7 heteroatoms. The van der Waals surface area contributed by atoms with Crippen LogP contribution >= 0.6 is 0 Å². The van der Waals surface area contributed by atoms with E-state index < -0.39 is 11.5 Å². The standard InChI is InChI=1S/C13H15F2N5/c14-13(15)6-4-12(16,5-7-13)10-3-1-2-9(8-10)11-17-19-20-18-11/h1-3,8H,4-7,16H2,(H,17,18,19,20). The van der Waals surface area contributed by atoms with Crippen LogP contribution in [0.25, 0.3) is 11.4 Å². The highest BCUT2D eigenvalue weighted by molar-refractivity contribution is 5.55. The Hall–Kier alpha value is -1.89. The molecule has 1 saturated carbocycles. The van der Waals surface area contributed by atoms with E-state index in [1.54, 1.807) is 0 Å². The average Bonchev–Trinajstić information content (AvgIpc) is 2.97. The van der Waals surface area contributed by atoms with E-state index in [9.17, 15) is 8.78 Å². The fourth-order valence-corrected chi connectivity index (χ4v) is 2.60. The normalized spacial score (nSPS) is 20.8. The number of halogens is 2.